The lowest BCUT2D eigenvalue weighted by atomic mass is 10.0. The maximum atomic E-state index is 13.7. The molecule has 1 atom stereocenters. The van der Waals surface area contributed by atoms with Gasteiger partial charge in [-0.05, 0) is 18.2 Å². The maximum Gasteiger partial charge on any atom is 0.258 e. The average Bonchev–Trinajstić information content (AvgIpc) is 2.35. The summed E-state index contributed by atoms with van der Waals surface area (Å²) in [5, 5.41) is 3.35. The molecule has 1 aliphatic heterocycles. The molecular weight excluding hydrogens is 265 g/mol. The summed E-state index contributed by atoms with van der Waals surface area (Å²) in [5.74, 6) is -0.636. The number of alkyl halides is 2. The van der Waals surface area contributed by atoms with Crippen molar-refractivity contribution in [1.29, 1.82) is 0 Å². The number of hydrogen-bond donors (Lipinski definition) is 1. The van der Waals surface area contributed by atoms with E-state index in [1.165, 1.54) is 12.1 Å². The lowest BCUT2D eigenvalue weighted by molar-refractivity contribution is 0.0164. The summed E-state index contributed by atoms with van der Waals surface area (Å²) in [5.41, 5.74) is -0.0283. The van der Waals surface area contributed by atoms with Crippen molar-refractivity contribution in [2.45, 2.75) is 12.5 Å². The van der Waals surface area contributed by atoms with Crippen molar-refractivity contribution in [3.05, 3.63) is 34.6 Å². The lowest BCUT2D eigenvalue weighted by Crippen LogP contribution is -2.47. The van der Waals surface area contributed by atoms with Gasteiger partial charge in [0.15, 0.2) is 0 Å². The Balaban J connectivity index is 2.31. The van der Waals surface area contributed by atoms with Gasteiger partial charge in [-0.2, -0.15) is 0 Å². The summed E-state index contributed by atoms with van der Waals surface area (Å²) in [7, 11) is 0. The Morgan fingerprint density at radius 2 is 1.89 bits per heavy atom. The molecule has 6 heteroatoms. The highest BCUT2D eigenvalue weighted by molar-refractivity contribution is 6.30. The van der Waals surface area contributed by atoms with Gasteiger partial charge in [0.1, 0.15) is 5.82 Å². The SMILES string of the molecule is Fc1ccc(Cl)cc1[C@@H](C(F)F)N1CCNCC1. The number of nitrogens with zero attached hydrogens (tertiary/aromatic N) is 1. The first-order chi connectivity index (χ1) is 8.59. The van der Waals surface area contributed by atoms with Crippen molar-refractivity contribution in [2.24, 2.45) is 0 Å². The van der Waals surface area contributed by atoms with Crippen LogP contribution in [-0.4, -0.2) is 37.5 Å². The van der Waals surface area contributed by atoms with Crippen LogP contribution in [0.3, 0.4) is 0 Å². The molecule has 0 aromatic heterocycles. The second kappa shape index (κ2) is 5.91. The van der Waals surface area contributed by atoms with Crippen molar-refractivity contribution in [2.75, 3.05) is 26.2 Å². The molecule has 0 amide bonds. The van der Waals surface area contributed by atoms with E-state index in [0.717, 1.165) is 6.07 Å². The number of rotatable bonds is 3. The van der Waals surface area contributed by atoms with E-state index >= 15 is 0 Å². The molecule has 1 heterocycles. The fraction of sp³-hybridized carbons (Fsp3) is 0.500. The normalized spacial score (nSPS) is 19.2. The second-order valence-electron chi connectivity index (χ2n) is 4.23. The van der Waals surface area contributed by atoms with Gasteiger partial charge >= 0.3 is 0 Å². The third-order valence-corrected chi connectivity index (χ3v) is 3.30. The second-order valence-corrected chi connectivity index (χ2v) is 4.67. The van der Waals surface area contributed by atoms with Crippen molar-refractivity contribution in [3.8, 4) is 0 Å². The summed E-state index contributed by atoms with van der Waals surface area (Å²) < 4.78 is 40.1. The van der Waals surface area contributed by atoms with Crippen LogP contribution in [0, 0.1) is 5.82 Å². The quantitative estimate of drug-likeness (QED) is 0.914. The van der Waals surface area contributed by atoms with Crippen molar-refractivity contribution in [3.63, 3.8) is 0 Å². The zero-order chi connectivity index (χ0) is 13.1. The number of halogens is 4. The Bertz CT molecular complexity index is 408. The molecule has 18 heavy (non-hydrogen) atoms. The van der Waals surface area contributed by atoms with E-state index in [4.69, 9.17) is 11.6 Å². The van der Waals surface area contributed by atoms with Crippen LogP contribution in [0.25, 0.3) is 0 Å². The predicted molar refractivity (Wildman–Crippen MR) is 64.6 cm³/mol. The van der Waals surface area contributed by atoms with Crippen LogP contribution in [0.2, 0.25) is 5.02 Å². The average molecular weight is 279 g/mol. The Labute approximate surface area is 109 Å². The van der Waals surface area contributed by atoms with E-state index < -0.39 is 18.3 Å². The standard InChI is InChI=1S/C12H14ClF3N2/c13-8-1-2-10(14)9(7-8)11(12(15)16)18-5-3-17-4-6-18/h1-2,7,11-12,17H,3-6H2/t11-/m0/s1. The molecule has 0 spiro atoms. The van der Waals surface area contributed by atoms with E-state index in [1.54, 1.807) is 4.90 Å². The molecule has 0 radical (unpaired) electrons. The highest BCUT2D eigenvalue weighted by Crippen LogP contribution is 2.31. The van der Waals surface area contributed by atoms with Gasteiger partial charge < -0.3 is 5.32 Å². The molecule has 0 bridgehead atoms. The van der Waals surface area contributed by atoms with Crippen LogP contribution in [0.1, 0.15) is 11.6 Å². The van der Waals surface area contributed by atoms with Crippen LogP contribution in [0.5, 0.6) is 0 Å². The number of hydrogen-bond acceptors (Lipinski definition) is 2. The van der Waals surface area contributed by atoms with Crippen LogP contribution in [0.15, 0.2) is 18.2 Å². The van der Waals surface area contributed by atoms with Gasteiger partial charge in [0.2, 0.25) is 0 Å². The molecule has 0 unspecified atom stereocenters. The van der Waals surface area contributed by atoms with E-state index in [9.17, 15) is 13.2 Å². The van der Waals surface area contributed by atoms with E-state index in [2.05, 4.69) is 5.32 Å². The molecule has 1 aliphatic rings. The molecule has 1 N–H and O–H groups in total. The smallest absolute Gasteiger partial charge is 0.258 e. The van der Waals surface area contributed by atoms with Gasteiger partial charge in [-0.25, -0.2) is 13.2 Å². The summed E-state index contributed by atoms with van der Waals surface area (Å²) in [6, 6.07) is 2.55. The number of piperazine rings is 1. The van der Waals surface area contributed by atoms with E-state index in [0.29, 0.717) is 26.2 Å². The van der Waals surface area contributed by atoms with Gasteiger partial charge in [0.05, 0.1) is 6.04 Å². The van der Waals surface area contributed by atoms with Crippen LogP contribution >= 0.6 is 11.6 Å². The van der Waals surface area contributed by atoms with Crippen LogP contribution < -0.4 is 5.32 Å². The lowest BCUT2D eigenvalue weighted by Gasteiger charge is -2.34. The Hall–Kier alpha value is -0.780. The van der Waals surface area contributed by atoms with Crippen molar-refractivity contribution >= 4 is 11.6 Å². The summed E-state index contributed by atoms with van der Waals surface area (Å²) >= 11 is 5.76. The van der Waals surface area contributed by atoms with E-state index in [1.807, 2.05) is 0 Å². The van der Waals surface area contributed by atoms with Crippen molar-refractivity contribution in [1.82, 2.24) is 10.2 Å². The minimum atomic E-state index is -2.64. The van der Waals surface area contributed by atoms with Gasteiger partial charge in [-0.15, -0.1) is 0 Å². The molecule has 0 aliphatic carbocycles. The fourth-order valence-electron chi connectivity index (χ4n) is 2.19. The zero-order valence-corrected chi connectivity index (χ0v) is 10.4. The highest BCUT2D eigenvalue weighted by atomic mass is 35.5. The minimum absolute atomic E-state index is 0.0283. The third-order valence-electron chi connectivity index (χ3n) is 3.06. The number of nitrogens with one attached hydrogen (secondary N) is 1. The molecule has 100 valence electrons. The van der Waals surface area contributed by atoms with Gasteiger partial charge in [0, 0.05) is 36.8 Å². The Kier molecular flexibility index (Phi) is 4.48. The maximum absolute atomic E-state index is 13.7. The zero-order valence-electron chi connectivity index (χ0n) is 9.67. The monoisotopic (exact) mass is 278 g/mol. The predicted octanol–water partition coefficient (Wildman–Crippen LogP) is 2.69. The largest absolute Gasteiger partial charge is 0.314 e. The topological polar surface area (TPSA) is 15.3 Å². The summed E-state index contributed by atoms with van der Waals surface area (Å²) in [4.78, 5) is 1.59. The molecule has 1 aromatic rings. The first kappa shape index (κ1) is 13.6. The molecule has 1 fully saturated rings. The minimum Gasteiger partial charge on any atom is -0.314 e. The molecule has 0 saturated carbocycles. The molecular formula is C12H14ClF3N2. The third kappa shape index (κ3) is 2.96. The molecule has 2 rings (SSSR count). The van der Waals surface area contributed by atoms with Gasteiger partial charge in [-0.1, -0.05) is 11.6 Å². The van der Waals surface area contributed by atoms with Crippen molar-refractivity contribution < 1.29 is 13.2 Å². The Morgan fingerprint density at radius 3 is 2.50 bits per heavy atom. The first-order valence-corrected chi connectivity index (χ1v) is 6.15. The van der Waals surface area contributed by atoms with Gasteiger partial charge in [-0.3, -0.25) is 4.90 Å². The number of benzene rings is 1. The molecule has 2 nitrogen and oxygen atoms in total. The van der Waals surface area contributed by atoms with E-state index in [-0.39, 0.29) is 10.6 Å². The molecule has 1 saturated heterocycles. The summed E-state index contributed by atoms with van der Waals surface area (Å²) in [6.45, 7) is 2.21. The fourth-order valence-corrected chi connectivity index (χ4v) is 2.37. The highest BCUT2D eigenvalue weighted by Gasteiger charge is 2.32. The van der Waals surface area contributed by atoms with Gasteiger partial charge in [0.25, 0.3) is 6.43 Å². The first-order valence-electron chi connectivity index (χ1n) is 5.77. The summed E-state index contributed by atoms with van der Waals surface area (Å²) in [6.07, 6.45) is -2.64. The Morgan fingerprint density at radius 1 is 1.22 bits per heavy atom. The molecule has 1 aromatic carbocycles. The van der Waals surface area contributed by atoms with Crippen LogP contribution in [-0.2, 0) is 0 Å². The van der Waals surface area contributed by atoms with Crippen LogP contribution in [0.4, 0.5) is 13.2 Å².